The van der Waals surface area contributed by atoms with Gasteiger partial charge >= 0.3 is 24.8 Å². The fourth-order valence-electron chi connectivity index (χ4n) is 1.30. The number of benzene rings is 1. The van der Waals surface area contributed by atoms with Gasteiger partial charge in [0.05, 0.1) is 13.7 Å². The van der Waals surface area contributed by atoms with Crippen LogP contribution in [0.25, 0.3) is 5.76 Å². The van der Waals surface area contributed by atoms with Gasteiger partial charge in [-0.1, -0.05) is 0 Å². The molecule has 0 heterocycles. The molecule has 104 valence electrons. The summed E-state index contributed by atoms with van der Waals surface area (Å²) in [6.45, 7) is 1.60. The Bertz CT molecular complexity index is 533. The third kappa shape index (κ3) is 5.08. The minimum Gasteiger partial charge on any atom is -1.00 e. The van der Waals surface area contributed by atoms with E-state index in [0.29, 0.717) is 6.08 Å². The average Bonchev–Trinajstić information content (AvgIpc) is 2.38. The Morgan fingerprint density at radius 2 is 2.05 bits per heavy atom. The van der Waals surface area contributed by atoms with E-state index in [4.69, 9.17) is 4.74 Å². The molecule has 0 aliphatic heterocycles. The first-order valence-corrected chi connectivity index (χ1v) is 5.44. The number of hydrogen-bond acceptors (Lipinski definition) is 5. The van der Waals surface area contributed by atoms with E-state index in [1.807, 2.05) is 0 Å². The zero-order valence-electron chi connectivity index (χ0n) is 12.5. The summed E-state index contributed by atoms with van der Waals surface area (Å²) in [6, 6.07) is 3.45. The molecule has 0 radical (unpaired) electrons. The van der Waals surface area contributed by atoms with E-state index in [1.54, 1.807) is 6.92 Å². The first-order valence-electron chi connectivity index (χ1n) is 5.44. The van der Waals surface area contributed by atoms with Gasteiger partial charge in [-0.3, -0.25) is 4.79 Å². The molecule has 7 heteroatoms. The van der Waals surface area contributed by atoms with Gasteiger partial charge in [0, 0.05) is 17.7 Å². The van der Waals surface area contributed by atoms with Crippen molar-refractivity contribution in [2.75, 3.05) is 13.7 Å². The van der Waals surface area contributed by atoms with Crippen molar-refractivity contribution >= 4 is 17.5 Å². The predicted octanol–water partition coefficient (Wildman–Crippen LogP) is -1.02. The fraction of sp³-hybridized carbons (Fsp3) is 0.231. The molecule has 0 atom stereocenters. The summed E-state index contributed by atoms with van der Waals surface area (Å²) in [6.07, 6.45) is 0.673. The minimum absolute atomic E-state index is 0. The number of ketones is 1. The molecular formula is C13H14FLiO5. The fourth-order valence-corrected chi connectivity index (χ4v) is 1.30. The SMILES string of the molecule is CCOC(=O)C(=O)C=C(O)c1cc(F)cc(OC)c1.[H-].[Li+]. The van der Waals surface area contributed by atoms with Gasteiger partial charge in [0.15, 0.2) is 0 Å². The summed E-state index contributed by atoms with van der Waals surface area (Å²) in [5, 5.41) is 9.66. The molecule has 0 amide bonds. The van der Waals surface area contributed by atoms with E-state index >= 15 is 0 Å². The first kappa shape index (κ1) is 18.2. The average molecular weight is 276 g/mol. The van der Waals surface area contributed by atoms with Crippen LogP contribution in [-0.2, 0) is 14.3 Å². The van der Waals surface area contributed by atoms with E-state index in [9.17, 15) is 19.1 Å². The Morgan fingerprint density at radius 1 is 1.40 bits per heavy atom. The van der Waals surface area contributed by atoms with Crippen molar-refractivity contribution in [2.45, 2.75) is 6.92 Å². The van der Waals surface area contributed by atoms with Gasteiger partial charge in [-0.2, -0.15) is 0 Å². The van der Waals surface area contributed by atoms with Gasteiger partial charge in [0.25, 0.3) is 5.78 Å². The number of hydrogen-bond donors (Lipinski definition) is 1. The second-order valence-electron chi connectivity index (χ2n) is 3.49. The van der Waals surface area contributed by atoms with Crippen LogP contribution in [0.2, 0.25) is 0 Å². The Kier molecular flexibility index (Phi) is 7.66. The summed E-state index contributed by atoms with van der Waals surface area (Å²) in [5.74, 6) is -3.12. The van der Waals surface area contributed by atoms with Crippen LogP contribution >= 0.6 is 0 Å². The molecule has 0 saturated carbocycles. The Morgan fingerprint density at radius 3 is 2.60 bits per heavy atom. The molecule has 0 saturated heterocycles. The molecule has 0 fully saturated rings. The van der Waals surface area contributed by atoms with E-state index in [2.05, 4.69) is 4.74 Å². The second kappa shape index (κ2) is 8.41. The van der Waals surface area contributed by atoms with Gasteiger partial charge in [-0.25, -0.2) is 9.18 Å². The summed E-state index contributed by atoms with van der Waals surface area (Å²) in [4.78, 5) is 22.4. The monoisotopic (exact) mass is 276 g/mol. The standard InChI is InChI=1S/C13H13FO5.Li.H/c1-3-19-13(17)12(16)7-11(15)8-4-9(14)6-10(5-8)18-2;;/h4-7,15H,3H2,1-2H3;;/q;+1;-1. The van der Waals surface area contributed by atoms with Crippen LogP contribution in [0, 0.1) is 5.82 Å². The molecule has 0 spiro atoms. The molecule has 0 aliphatic carbocycles. The maximum absolute atomic E-state index is 13.2. The van der Waals surface area contributed by atoms with E-state index < -0.39 is 23.3 Å². The first-order chi connectivity index (χ1) is 8.97. The molecule has 1 aromatic rings. The Balaban J connectivity index is 0. The molecule has 0 aliphatic rings. The van der Waals surface area contributed by atoms with Crippen molar-refractivity contribution in [3.05, 3.63) is 35.7 Å². The van der Waals surface area contributed by atoms with Gasteiger partial charge < -0.3 is 16.0 Å². The normalized spacial score (nSPS) is 10.4. The third-order valence-corrected chi connectivity index (χ3v) is 2.15. The third-order valence-electron chi connectivity index (χ3n) is 2.15. The maximum atomic E-state index is 13.2. The quantitative estimate of drug-likeness (QED) is 0.245. The zero-order valence-corrected chi connectivity index (χ0v) is 11.5. The molecule has 1 rings (SSSR count). The van der Waals surface area contributed by atoms with Crippen LogP contribution in [-0.4, -0.2) is 30.6 Å². The molecule has 0 bridgehead atoms. The van der Waals surface area contributed by atoms with Crippen LogP contribution in [0.3, 0.4) is 0 Å². The number of esters is 1. The number of methoxy groups -OCH3 is 1. The van der Waals surface area contributed by atoms with Crippen LogP contribution in [0.4, 0.5) is 4.39 Å². The summed E-state index contributed by atoms with van der Waals surface area (Å²) in [5.41, 5.74) is 0.0227. The van der Waals surface area contributed by atoms with Gasteiger partial charge in [-0.15, -0.1) is 0 Å². The van der Waals surface area contributed by atoms with Crippen molar-refractivity contribution in [2.24, 2.45) is 0 Å². The number of aliphatic hydroxyl groups excluding tert-OH is 1. The minimum atomic E-state index is -1.09. The second-order valence-corrected chi connectivity index (χ2v) is 3.49. The molecule has 1 aromatic carbocycles. The summed E-state index contributed by atoms with van der Waals surface area (Å²) < 4.78 is 22.5. The Hall–Kier alpha value is -1.77. The zero-order chi connectivity index (χ0) is 14.4. The molecule has 5 nitrogen and oxygen atoms in total. The predicted molar refractivity (Wildman–Crippen MR) is 66.3 cm³/mol. The number of halogens is 1. The van der Waals surface area contributed by atoms with Crippen molar-refractivity contribution in [3.63, 3.8) is 0 Å². The summed E-state index contributed by atoms with van der Waals surface area (Å²) in [7, 11) is 1.34. The number of ether oxygens (including phenoxy) is 2. The largest absolute Gasteiger partial charge is 1.00 e. The van der Waals surface area contributed by atoms with Gasteiger partial charge in [0.2, 0.25) is 0 Å². The number of aliphatic hydroxyl groups is 1. The molecule has 20 heavy (non-hydrogen) atoms. The van der Waals surface area contributed by atoms with Gasteiger partial charge in [0.1, 0.15) is 17.3 Å². The van der Waals surface area contributed by atoms with Gasteiger partial charge in [-0.05, 0) is 19.1 Å². The maximum Gasteiger partial charge on any atom is 1.00 e. The molecule has 0 unspecified atom stereocenters. The molecule has 1 N–H and O–H groups in total. The number of carbonyl (C=O) groups is 2. The van der Waals surface area contributed by atoms with E-state index in [1.165, 1.54) is 13.2 Å². The molecular weight excluding hydrogens is 262 g/mol. The van der Waals surface area contributed by atoms with Crippen LogP contribution in [0.5, 0.6) is 5.75 Å². The number of rotatable bonds is 5. The number of carbonyl (C=O) groups excluding carboxylic acids is 2. The molecule has 0 aromatic heterocycles. The Labute approximate surface area is 129 Å². The van der Waals surface area contributed by atoms with Crippen molar-refractivity contribution in [1.29, 1.82) is 0 Å². The topological polar surface area (TPSA) is 72.8 Å². The van der Waals surface area contributed by atoms with Crippen LogP contribution in [0.1, 0.15) is 13.9 Å². The van der Waals surface area contributed by atoms with Crippen molar-refractivity contribution in [3.8, 4) is 5.75 Å². The van der Waals surface area contributed by atoms with Crippen molar-refractivity contribution < 1.29 is 48.8 Å². The smallest absolute Gasteiger partial charge is 1.00 e. The van der Waals surface area contributed by atoms with Crippen LogP contribution < -0.4 is 23.6 Å². The van der Waals surface area contributed by atoms with Crippen molar-refractivity contribution in [1.82, 2.24) is 0 Å². The van der Waals surface area contributed by atoms with E-state index in [-0.39, 0.29) is 38.2 Å². The summed E-state index contributed by atoms with van der Waals surface area (Å²) >= 11 is 0. The van der Waals surface area contributed by atoms with E-state index in [0.717, 1.165) is 12.1 Å². The van der Waals surface area contributed by atoms with Crippen LogP contribution in [0.15, 0.2) is 24.3 Å².